The van der Waals surface area contributed by atoms with Crippen molar-refractivity contribution in [2.75, 3.05) is 6.61 Å². The van der Waals surface area contributed by atoms with E-state index in [0.29, 0.717) is 25.0 Å². The highest BCUT2D eigenvalue weighted by Gasteiger charge is 2.26. The fraction of sp³-hybridized carbons (Fsp3) is 0.391. The summed E-state index contributed by atoms with van der Waals surface area (Å²) in [7, 11) is 0. The van der Waals surface area contributed by atoms with Gasteiger partial charge in [-0.3, -0.25) is 0 Å². The summed E-state index contributed by atoms with van der Waals surface area (Å²) in [5.41, 5.74) is 3.36. The molecule has 0 N–H and O–H groups in total. The lowest BCUT2D eigenvalue weighted by Gasteiger charge is -2.26. The number of benzene rings is 2. The van der Waals surface area contributed by atoms with Crippen molar-refractivity contribution >= 4 is 0 Å². The van der Waals surface area contributed by atoms with Gasteiger partial charge in [-0.15, -0.1) is 0 Å². The fourth-order valence-electron chi connectivity index (χ4n) is 3.71. The zero-order valence-corrected chi connectivity index (χ0v) is 15.5. The summed E-state index contributed by atoms with van der Waals surface area (Å²) >= 11 is 0. The molecule has 3 heteroatoms. The summed E-state index contributed by atoms with van der Waals surface area (Å²) in [5.74, 6) is -0.0373. The molecule has 138 valence electrons. The minimum Gasteiger partial charge on any atom is -0.493 e. The molecule has 3 rings (SSSR count). The normalized spacial score (nSPS) is 16.7. The number of ether oxygens (including phenoxy) is 1. The van der Waals surface area contributed by atoms with Crippen LogP contribution in [-0.4, -0.2) is 6.61 Å². The molecule has 1 aliphatic carbocycles. The second-order valence-electron chi connectivity index (χ2n) is 6.90. The van der Waals surface area contributed by atoms with E-state index in [-0.39, 0.29) is 11.5 Å². The molecule has 0 saturated carbocycles. The molecule has 0 fully saturated rings. The number of allylic oxidation sites excluding steroid dienone is 1. The lowest BCUT2D eigenvalue weighted by Crippen LogP contribution is -2.16. The van der Waals surface area contributed by atoms with E-state index in [1.807, 2.05) is 32.1 Å². The smallest absolute Gasteiger partial charge is 0.129 e. The van der Waals surface area contributed by atoms with E-state index >= 15 is 0 Å². The Hall–Kier alpha value is -2.16. The first-order chi connectivity index (χ1) is 12.6. The van der Waals surface area contributed by atoms with Crippen molar-refractivity contribution in [2.24, 2.45) is 0 Å². The molecule has 1 nitrogen and oxygen atoms in total. The van der Waals surface area contributed by atoms with E-state index in [1.165, 1.54) is 23.3 Å². The summed E-state index contributed by atoms with van der Waals surface area (Å²) in [6, 6.07) is 9.05. The van der Waals surface area contributed by atoms with Crippen LogP contribution in [0.3, 0.4) is 0 Å². The maximum Gasteiger partial charge on any atom is 0.129 e. The Morgan fingerprint density at radius 3 is 2.58 bits per heavy atom. The van der Waals surface area contributed by atoms with Crippen LogP contribution in [0.15, 0.2) is 42.5 Å². The third-order valence-electron chi connectivity index (χ3n) is 5.15. The summed E-state index contributed by atoms with van der Waals surface area (Å²) < 4.78 is 34.7. The second kappa shape index (κ2) is 8.48. The number of hydrogen-bond acceptors (Lipinski definition) is 1. The van der Waals surface area contributed by atoms with Crippen molar-refractivity contribution in [1.29, 1.82) is 0 Å². The first-order valence-corrected chi connectivity index (χ1v) is 9.46. The molecule has 0 saturated heterocycles. The van der Waals surface area contributed by atoms with Crippen LogP contribution in [0.25, 0.3) is 0 Å². The molecule has 0 radical (unpaired) electrons. The molecule has 1 aliphatic rings. The molecule has 0 heterocycles. The SMILES string of the molecule is CC=CCCOc1ccc2c(c1)CCC(c1c(F)cc(CC)cc1F)C2. The average molecular weight is 356 g/mol. The molecule has 0 aliphatic heterocycles. The zero-order chi connectivity index (χ0) is 18.5. The van der Waals surface area contributed by atoms with Crippen molar-refractivity contribution in [3.05, 3.63) is 76.4 Å². The first kappa shape index (κ1) is 18.6. The molecule has 26 heavy (non-hydrogen) atoms. The van der Waals surface area contributed by atoms with E-state index in [9.17, 15) is 8.78 Å². The molecule has 1 unspecified atom stereocenters. The van der Waals surface area contributed by atoms with Crippen LogP contribution in [0.5, 0.6) is 5.75 Å². The van der Waals surface area contributed by atoms with Crippen LogP contribution in [0.1, 0.15) is 54.9 Å². The van der Waals surface area contributed by atoms with Gasteiger partial charge in [0, 0.05) is 5.56 Å². The molecule has 0 spiro atoms. The quantitative estimate of drug-likeness (QED) is 0.446. The summed E-state index contributed by atoms with van der Waals surface area (Å²) in [6.45, 7) is 4.56. The van der Waals surface area contributed by atoms with Gasteiger partial charge in [-0.2, -0.15) is 0 Å². The predicted molar refractivity (Wildman–Crippen MR) is 102 cm³/mol. The molecule has 1 atom stereocenters. The Labute approximate surface area is 154 Å². The van der Waals surface area contributed by atoms with Gasteiger partial charge < -0.3 is 4.74 Å². The number of hydrogen-bond donors (Lipinski definition) is 0. The van der Waals surface area contributed by atoms with Gasteiger partial charge in [-0.05, 0) is 85.9 Å². The topological polar surface area (TPSA) is 9.23 Å². The Morgan fingerprint density at radius 2 is 1.88 bits per heavy atom. The standard InChI is InChI=1S/C23H26F2O/c1-3-5-6-11-26-20-10-9-17-14-19(8-7-18(17)15-20)23-21(24)12-16(4-2)13-22(23)25/h3,5,9-10,12-13,15,19H,4,6-8,11,14H2,1-2H3. The Balaban J connectivity index is 1.74. The average Bonchev–Trinajstić information content (AvgIpc) is 2.64. The number of aryl methyl sites for hydroxylation is 2. The van der Waals surface area contributed by atoms with E-state index in [4.69, 9.17) is 4.74 Å². The molecule has 0 aromatic heterocycles. The minimum absolute atomic E-state index is 0.102. The largest absolute Gasteiger partial charge is 0.493 e. The maximum atomic E-state index is 14.5. The highest BCUT2D eigenvalue weighted by molar-refractivity contribution is 5.40. The van der Waals surface area contributed by atoms with E-state index < -0.39 is 11.6 Å². The van der Waals surface area contributed by atoms with Crippen LogP contribution in [0, 0.1) is 11.6 Å². The first-order valence-electron chi connectivity index (χ1n) is 9.46. The van der Waals surface area contributed by atoms with Crippen molar-refractivity contribution < 1.29 is 13.5 Å². The Morgan fingerprint density at radius 1 is 1.12 bits per heavy atom. The summed E-state index contributed by atoms with van der Waals surface area (Å²) in [6.07, 6.45) is 7.88. The van der Waals surface area contributed by atoms with E-state index in [2.05, 4.69) is 12.1 Å². The lowest BCUT2D eigenvalue weighted by atomic mass is 9.79. The van der Waals surface area contributed by atoms with Gasteiger partial charge in [-0.1, -0.05) is 25.1 Å². The fourth-order valence-corrected chi connectivity index (χ4v) is 3.71. The van der Waals surface area contributed by atoms with Gasteiger partial charge in [0.25, 0.3) is 0 Å². The monoisotopic (exact) mass is 356 g/mol. The molecule has 2 aromatic rings. The zero-order valence-electron chi connectivity index (χ0n) is 15.5. The predicted octanol–water partition coefficient (Wildman–Crippen LogP) is 6.14. The van der Waals surface area contributed by atoms with Gasteiger partial charge in [0.05, 0.1) is 6.61 Å². The van der Waals surface area contributed by atoms with Gasteiger partial charge >= 0.3 is 0 Å². The highest BCUT2D eigenvalue weighted by Crippen LogP contribution is 2.36. The molecule has 0 bridgehead atoms. The van der Waals surface area contributed by atoms with Crippen LogP contribution < -0.4 is 4.74 Å². The molecule has 2 aromatic carbocycles. The van der Waals surface area contributed by atoms with Crippen molar-refractivity contribution in [2.45, 2.75) is 51.9 Å². The van der Waals surface area contributed by atoms with Gasteiger partial charge in [0.2, 0.25) is 0 Å². The third kappa shape index (κ3) is 4.14. The minimum atomic E-state index is -0.403. The van der Waals surface area contributed by atoms with Crippen molar-refractivity contribution in [3.8, 4) is 5.75 Å². The van der Waals surface area contributed by atoms with Gasteiger partial charge in [0.15, 0.2) is 0 Å². The number of halogens is 2. The van der Waals surface area contributed by atoms with E-state index in [1.54, 1.807) is 0 Å². The van der Waals surface area contributed by atoms with Crippen LogP contribution in [0.2, 0.25) is 0 Å². The summed E-state index contributed by atoms with van der Waals surface area (Å²) in [5, 5.41) is 0. The second-order valence-corrected chi connectivity index (χ2v) is 6.90. The van der Waals surface area contributed by atoms with Gasteiger partial charge in [-0.25, -0.2) is 8.78 Å². The third-order valence-corrected chi connectivity index (χ3v) is 5.15. The molecular weight excluding hydrogens is 330 g/mol. The lowest BCUT2D eigenvalue weighted by molar-refractivity contribution is 0.324. The maximum absolute atomic E-state index is 14.5. The number of fused-ring (bicyclic) bond motifs is 1. The van der Waals surface area contributed by atoms with Crippen LogP contribution in [-0.2, 0) is 19.3 Å². The molecule has 0 amide bonds. The van der Waals surface area contributed by atoms with Crippen molar-refractivity contribution in [3.63, 3.8) is 0 Å². The van der Waals surface area contributed by atoms with Gasteiger partial charge in [0.1, 0.15) is 17.4 Å². The Kier molecular flexibility index (Phi) is 6.08. The highest BCUT2D eigenvalue weighted by atomic mass is 19.1. The van der Waals surface area contributed by atoms with Crippen LogP contribution >= 0.6 is 0 Å². The molecular formula is C23H26F2O. The number of rotatable bonds is 6. The Bertz CT molecular complexity index is 772. The van der Waals surface area contributed by atoms with E-state index in [0.717, 1.165) is 25.0 Å². The van der Waals surface area contributed by atoms with Crippen molar-refractivity contribution in [1.82, 2.24) is 0 Å². The summed E-state index contributed by atoms with van der Waals surface area (Å²) in [4.78, 5) is 0. The van der Waals surface area contributed by atoms with Crippen LogP contribution in [0.4, 0.5) is 8.78 Å².